The summed E-state index contributed by atoms with van der Waals surface area (Å²) in [6.07, 6.45) is 0.644. The van der Waals surface area contributed by atoms with Gasteiger partial charge in [-0.05, 0) is 20.3 Å². The van der Waals surface area contributed by atoms with E-state index in [-0.39, 0.29) is 18.1 Å². The van der Waals surface area contributed by atoms with Crippen molar-refractivity contribution >= 4 is 17.4 Å². The number of nitrogens with one attached hydrogen (secondary N) is 1. The molecule has 1 heterocycles. The molecule has 0 aromatic carbocycles. The number of hydrogen-bond donors (Lipinski definition) is 2. The highest BCUT2D eigenvalue weighted by Gasteiger charge is 2.18. The van der Waals surface area contributed by atoms with Crippen molar-refractivity contribution in [2.75, 3.05) is 11.9 Å². The molecule has 1 aromatic rings. The van der Waals surface area contributed by atoms with Crippen molar-refractivity contribution < 1.29 is 5.11 Å². The first-order valence-corrected chi connectivity index (χ1v) is 6.15. The zero-order chi connectivity index (χ0) is 13.1. The number of rotatable bonds is 5. The van der Waals surface area contributed by atoms with E-state index in [1.165, 1.54) is 0 Å². The largest absolute Gasteiger partial charge is 0.396 e. The maximum absolute atomic E-state index is 8.98. The van der Waals surface area contributed by atoms with Gasteiger partial charge in [-0.25, -0.2) is 9.97 Å². The molecule has 1 aromatic heterocycles. The predicted octanol–water partition coefficient (Wildman–Crippen LogP) is 2.83. The number of aromatic nitrogens is 2. The second kappa shape index (κ2) is 5.65. The highest BCUT2D eigenvalue weighted by Crippen LogP contribution is 2.21. The Kier molecular flexibility index (Phi) is 4.71. The Morgan fingerprint density at radius 1 is 1.41 bits per heavy atom. The molecule has 0 atom stereocenters. The number of aliphatic hydroxyl groups excluding tert-OH is 1. The maximum Gasteiger partial charge on any atom is 0.135 e. The van der Waals surface area contributed by atoms with Crippen LogP contribution in [0.5, 0.6) is 0 Å². The molecule has 0 spiro atoms. The van der Waals surface area contributed by atoms with Gasteiger partial charge in [0.1, 0.15) is 16.8 Å². The Hall–Kier alpha value is -0.870. The average molecular weight is 258 g/mol. The van der Waals surface area contributed by atoms with Gasteiger partial charge in [0.25, 0.3) is 0 Å². The lowest BCUT2D eigenvalue weighted by molar-refractivity contribution is 0.260. The van der Waals surface area contributed by atoms with E-state index in [4.69, 9.17) is 16.7 Å². The van der Waals surface area contributed by atoms with E-state index in [0.717, 1.165) is 5.82 Å². The molecular formula is C12H20ClN3O. The van der Waals surface area contributed by atoms with Crippen LogP contribution in [0.3, 0.4) is 0 Å². The fraction of sp³-hybridized carbons (Fsp3) is 0.667. The third-order valence-electron chi connectivity index (χ3n) is 2.43. The van der Waals surface area contributed by atoms with E-state index in [0.29, 0.717) is 17.4 Å². The molecule has 0 saturated carbocycles. The summed E-state index contributed by atoms with van der Waals surface area (Å²) in [6, 6.07) is 1.70. The molecule has 0 aliphatic heterocycles. The van der Waals surface area contributed by atoms with Gasteiger partial charge in [-0.3, -0.25) is 0 Å². The van der Waals surface area contributed by atoms with E-state index in [9.17, 15) is 0 Å². The molecule has 17 heavy (non-hydrogen) atoms. The van der Waals surface area contributed by atoms with Crippen LogP contribution in [0.25, 0.3) is 0 Å². The summed E-state index contributed by atoms with van der Waals surface area (Å²) in [4.78, 5) is 8.59. The van der Waals surface area contributed by atoms with Crippen LogP contribution in [0, 0.1) is 0 Å². The molecule has 0 aliphatic carbocycles. The first kappa shape index (κ1) is 14.2. The standard InChI is InChI=1S/C12H20ClN3O/c1-8(2)11-14-9(13)7-10(15-11)16-12(3,4)5-6-17/h7-8,17H,5-6H2,1-4H3,(H,14,15,16). The maximum atomic E-state index is 8.98. The first-order chi connectivity index (χ1) is 7.84. The van der Waals surface area contributed by atoms with Gasteiger partial charge in [0.05, 0.1) is 0 Å². The number of halogens is 1. The van der Waals surface area contributed by atoms with Crippen LogP contribution in [0.4, 0.5) is 5.82 Å². The summed E-state index contributed by atoms with van der Waals surface area (Å²) in [7, 11) is 0. The predicted molar refractivity (Wildman–Crippen MR) is 70.5 cm³/mol. The highest BCUT2D eigenvalue weighted by molar-refractivity contribution is 6.29. The Balaban J connectivity index is 2.91. The van der Waals surface area contributed by atoms with Crippen LogP contribution in [-0.4, -0.2) is 27.2 Å². The van der Waals surface area contributed by atoms with Crippen molar-refractivity contribution in [1.82, 2.24) is 9.97 Å². The van der Waals surface area contributed by atoms with Crippen molar-refractivity contribution in [3.05, 3.63) is 17.0 Å². The van der Waals surface area contributed by atoms with E-state index >= 15 is 0 Å². The SMILES string of the molecule is CC(C)c1nc(Cl)cc(NC(C)(C)CCO)n1. The summed E-state index contributed by atoms with van der Waals surface area (Å²) >= 11 is 5.96. The van der Waals surface area contributed by atoms with Crippen molar-refractivity contribution in [3.63, 3.8) is 0 Å². The Morgan fingerprint density at radius 2 is 2.06 bits per heavy atom. The third-order valence-corrected chi connectivity index (χ3v) is 2.63. The lowest BCUT2D eigenvalue weighted by atomic mass is 10.0. The molecule has 0 saturated heterocycles. The molecule has 4 nitrogen and oxygen atoms in total. The van der Waals surface area contributed by atoms with Crippen LogP contribution in [0.1, 0.15) is 45.9 Å². The Bertz CT molecular complexity index is 380. The molecule has 0 aliphatic rings. The van der Waals surface area contributed by atoms with E-state index in [1.807, 2.05) is 27.7 Å². The van der Waals surface area contributed by atoms with E-state index in [2.05, 4.69) is 15.3 Å². The van der Waals surface area contributed by atoms with Crippen LogP contribution in [0.15, 0.2) is 6.07 Å². The van der Waals surface area contributed by atoms with Gasteiger partial charge < -0.3 is 10.4 Å². The highest BCUT2D eigenvalue weighted by atomic mass is 35.5. The Labute approximate surface area is 107 Å². The number of hydrogen-bond acceptors (Lipinski definition) is 4. The van der Waals surface area contributed by atoms with E-state index < -0.39 is 0 Å². The molecular weight excluding hydrogens is 238 g/mol. The molecule has 0 amide bonds. The van der Waals surface area contributed by atoms with Crippen molar-refractivity contribution in [1.29, 1.82) is 0 Å². The first-order valence-electron chi connectivity index (χ1n) is 5.77. The van der Waals surface area contributed by atoms with Gasteiger partial charge >= 0.3 is 0 Å². The van der Waals surface area contributed by atoms with Gasteiger partial charge in [0, 0.05) is 24.1 Å². The fourth-order valence-electron chi connectivity index (χ4n) is 1.45. The van der Waals surface area contributed by atoms with Crippen LogP contribution in [-0.2, 0) is 0 Å². The zero-order valence-electron chi connectivity index (χ0n) is 10.8. The lowest BCUT2D eigenvalue weighted by Gasteiger charge is -2.26. The summed E-state index contributed by atoms with van der Waals surface area (Å²) < 4.78 is 0. The molecule has 0 bridgehead atoms. The van der Waals surface area contributed by atoms with Crippen LogP contribution in [0.2, 0.25) is 5.15 Å². The topological polar surface area (TPSA) is 58.0 Å². The van der Waals surface area contributed by atoms with Gasteiger partial charge in [0.15, 0.2) is 0 Å². The number of anilines is 1. The smallest absolute Gasteiger partial charge is 0.135 e. The van der Waals surface area contributed by atoms with Crippen molar-refractivity contribution in [3.8, 4) is 0 Å². The molecule has 0 fully saturated rings. The molecule has 5 heteroatoms. The summed E-state index contributed by atoms with van der Waals surface area (Å²) in [5.41, 5.74) is -0.222. The second-order valence-electron chi connectivity index (χ2n) is 5.07. The fourth-order valence-corrected chi connectivity index (χ4v) is 1.64. The lowest BCUT2D eigenvalue weighted by Crippen LogP contribution is -2.32. The minimum Gasteiger partial charge on any atom is -0.396 e. The average Bonchev–Trinajstić information content (AvgIpc) is 2.15. The molecule has 1 rings (SSSR count). The summed E-state index contributed by atoms with van der Waals surface area (Å²) in [6.45, 7) is 8.20. The monoisotopic (exact) mass is 257 g/mol. The normalized spacial score (nSPS) is 11.9. The zero-order valence-corrected chi connectivity index (χ0v) is 11.5. The minimum atomic E-state index is -0.222. The van der Waals surface area contributed by atoms with Crippen molar-refractivity contribution in [2.45, 2.75) is 45.6 Å². The van der Waals surface area contributed by atoms with Gasteiger partial charge in [-0.15, -0.1) is 0 Å². The Morgan fingerprint density at radius 3 is 2.59 bits per heavy atom. The molecule has 0 unspecified atom stereocenters. The minimum absolute atomic E-state index is 0.135. The second-order valence-corrected chi connectivity index (χ2v) is 5.46. The molecule has 2 N–H and O–H groups in total. The quantitative estimate of drug-likeness (QED) is 0.797. The van der Waals surface area contributed by atoms with Crippen LogP contribution >= 0.6 is 11.6 Å². The molecule has 96 valence electrons. The number of aliphatic hydroxyl groups is 1. The van der Waals surface area contributed by atoms with Crippen molar-refractivity contribution in [2.24, 2.45) is 0 Å². The van der Waals surface area contributed by atoms with E-state index in [1.54, 1.807) is 6.07 Å². The van der Waals surface area contributed by atoms with Gasteiger partial charge in [0.2, 0.25) is 0 Å². The van der Waals surface area contributed by atoms with Crippen LogP contribution < -0.4 is 5.32 Å². The summed E-state index contributed by atoms with van der Waals surface area (Å²) in [5.74, 6) is 1.65. The van der Waals surface area contributed by atoms with Gasteiger partial charge in [-0.2, -0.15) is 0 Å². The van der Waals surface area contributed by atoms with Gasteiger partial charge in [-0.1, -0.05) is 25.4 Å². The number of nitrogens with zero attached hydrogens (tertiary/aromatic N) is 2. The third kappa shape index (κ3) is 4.48. The summed E-state index contributed by atoms with van der Waals surface area (Å²) in [5, 5.41) is 12.7. The molecule has 0 radical (unpaired) electrons.